The van der Waals surface area contributed by atoms with Gasteiger partial charge in [-0.05, 0) is 17.7 Å². The Morgan fingerprint density at radius 2 is 2.00 bits per heavy atom. The number of carbonyl (C=O) groups is 1. The van der Waals surface area contributed by atoms with Crippen LogP contribution in [-0.2, 0) is 10.5 Å². The van der Waals surface area contributed by atoms with Crippen LogP contribution in [0.3, 0.4) is 0 Å². The molecule has 3 N–H and O–H groups in total. The molecule has 1 aromatic carbocycles. The van der Waals surface area contributed by atoms with Crippen molar-refractivity contribution >= 4 is 41.7 Å². The Morgan fingerprint density at radius 3 is 2.59 bits per heavy atom. The van der Waals surface area contributed by atoms with Crippen LogP contribution in [0, 0.1) is 0 Å². The zero-order valence-electron chi connectivity index (χ0n) is 9.32. The van der Waals surface area contributed by atoms with E-state index in [4.69, 9.17) is 17.3 Å². The summed E-state index contributed by atoms with van der Waals surface area (Å²) in [6.07, 6.45) is 0. The Morgan fingerprint density at radius 1 is 1.35 bits per heavy atom. The van der Waals surface area contributed by atoms with E-state index in [2.05, 4.69) is 5.32 Å². The summed E-state index contributed by atoms with van der Waals surface area (Å²) in [4.78, 5) is 11.2. The van der Waals surface area contributed by atoms with Crippen LogP contribution in [0.1, 0.15) is 5.56 Å². The number of benzene rings is 1. The topological polar surface area (TPSA) is 55.1 Å². The first kappa shape index (κ1) is 16.6. The van der Waals surface area contributed by atoms with Crippen LogP contribution in [0.4, 0.5) is 0 Å². The van der Waals surface area contributed by atoms with Crippen LogP contribution >= 0.6 is 35.8 Å². The van der Waals surface area contributed by atoms with Crippen molar-refractivity contribution in [2.24, 2.45) is 5.73 Å². The lowest BCUT2D eigenvalue weighted by molar-refractivity contribution is -0.118. The number of amides is 1. The number of hydrogen-bond acceptors (Lipinski definition) is 3. The van der Waals surface area contributed by atoms with Gasteiger partial charge in [0.05, 0.1) is 5.75 Å². The number of halogens is 2. The van der Waals surface area contributed by atoms with Gasteiger partial charge in [-0.25, -0.2) is 0 Å². The molecule has 0 aliphatic rings. The van der Waals surface area contributed by atoms with Crippen LogP contribution < -0.4 is 11.1 Å². The van der Waals surface area contributed by atoms with E-state index in [1.807, 2.05) is 24.3 Å². The zero-order chi connectivity index (χ0) is 11.8. The molecule has 6 heteroatoms. The molecule has 1 aromatic rings. The third-order valence-electron chi connectivity index (χ3n) is 1.88. The Labute approximate surface area is 117 Å². The third-order valence-corrected chi connectivity index (χ3v) is 3.14. The number of nitrogens with two attached hydrogens (primary N) is 1. The molecule has 0 fully saturated rings. The van der Waals surface area contributed by atoms with Crippen molar-refractivity contribution in [3.8, 4) is 0 Å². The summed E-state index contributed by atoms with van der Waals surface area (Å²) in [6.45, 7) is 1.02. The first-order valence-electron chi connectivity index (χ1n) is 5.01. The monoisotopic (exact) mass is 294 g/mol. The van der Waals surface area contributed by atoms with Crippen LogP contribution in [0.2, 0.25) is 5.02 Å². The van der Waals surface area contributed by atoms with Crippen molar-refractivity contribution in [3.05, 3.63) is 34.9 Å². The minimum absolute atomic E-state index is 0. The summed E-state index contributed by atoms with van der Waals surface area (Å²) >= 11 is 7.35. The predicted molar refractivity (Wildman–Crippen MR) is 76.9 cm³/mol. The van der Waals surface area contributed by atoms with Gasteiger partial charge >= 0.3 is 0 Å². The maximum Gasteiger partial charge on any atom is 0.230 e. The third kappa shape index (κ3) is 7.49. The van der Waals surface area contributed by atoms with E-state index < -0.39 is 0 Å². The van der Waals surface area contributed by atoms with E-state index in [0.717, 1.165) is 10.8 Å². The maximum atomic E-state index is 11.2. The predicted octanol–water partition coefficient (Wildman–Crippen LogP) is 2.07. The molecule has 1 rings (SSSR count). The highest BCUT2D eigenvalue weighted by atomic mass is 35.5. The molecule has 0 aliphatic heterocycles. The second kappa shape index (κ2) is 9.59. The molecule has 0 atom stereocenters. The molecule has 0 aromatic heterocycles. The SMILES string of the molecule is Cl.NCCNC(=O)CSCc1ccc(Cl)cc1. The van der Waals surface area contributed by atoms with E-state index in [1.165, 1.54) is 5.56 Å². The summed E-state index contributed by atoms with van der Waals surface area (Å²) in [6, 6.07) is 7.64. The number of thioether (sulfide) groups is 1. The van der Waals surface area contributed by atoms with Gasteiger partial charge < -0.3 is 11.1 Å². The van der Waals surface area contributed by atoms with Gasteiger partial charge in [0.25, 0.3) is 0 Å². The molecular weight excluding hydrogens is 279 g/mol. The second-order valence-electron chi connectivity index (χ2n) is 3.26. The highest BCUT2D eigenvalue weighted by molar-refractivity contribution is 7.99. The lowest BCUT2D eigenvalue weighted by Gasteiger charge is -2.03. The first-order chi connectivity index (χ1) is 7.72. The highest BCUT2D eigenvalue weighted by Crippen LogP contribution is 2.15. The molecule has 0 unspecified atom stereocenters. The van der Waals surface area contributed by atoms with E-state index in [1.54, 1.807) is 11.8 Å². The Bertz CT molecular complexity index is 333. The molecular formula is C11H16Cl2N2OS. The van der Waals surface area contributed by atoms with Crippen molar-refractivity contribution in [1.29, 1.82) is 0 Å². The molecule has 1 amide bonds. The molecule has 96 valence electrons. The number of carbonyl (C=O) groups excluding carboxylic acids is 1. The lowest BCUT2D eigenvalue weighted by atomic mass is 10.2. The Kier molecular flexibility index (Phi) is 9.36. The summed E-state index contributed by atoms with van der Waals surface area (Å²) in [5.74, 6) is 1.31. The van der Waals surface area contributed by atoms with Crippen molar-refractivity contribution in [2.45, 2.75) is 5.75 Å². The van der Waals surface area contributed by atoms with Crippen molar-refractivity contribution in [2.75, 3.05) is 18.8 Å². The Balaban J connectivity index is 0.00000256. The van der Waals surface area contributed by atoms with Crippen LogP contribution in [0.15, 0.2) is 24.3 Å². The van der Waals surface area contributed by atoms with E-state index in [9.17, 15) is 4.79 Å². The number of rotatable bonds is 6. The fraction of sp³-hybridized carbons (Fsp3) is 0.364. The lowest BCUT2D eigenvalue weighted by Crippen LogP contribution is -2.30. The number of hydrogen-bond donors (Lipinski definition) is 2. The fourth-order valence-corrected chi connectivity index (χ4v) is 2.05. The molecule has 0 aliphatic carbocycles. The molecule has 0 spiro atoms. The van der Waals surface area contributed by atoms with Gasteiger partial charge in [-0.2, -0.15) is 0 Å². The average molecular weight is 295 g/mol. The molecule has 0 bridgehead atoms. The smallest absolute Gasteiger partial charge is 0.230 e. The summed E-state index contributed by atoms with van der Waals surface area (Å²) in [7, 11) is 0. The maximum absolute atomic E-state index is 11.2. The molecule has 0 saturated carbocycles. The Hall–Kier alpha value is -0.420. The van der Waals surface area contributed by atoms with E-state index >= 15 is 0 Å². The van der Waals surface area contributed by atoms with Crippen LogP contribution in [0.5, 0.6) is 0 Å². The van der Waals surface area contributed by atoms with Crippen molar-refractivity contribution in [1.82, 2.24) is 5.32 Å². The quantitative estimate of drug-likeness (QED) is 0.844. The van der Waals surface area contributed by atoms with E-state index in [-0.39, 0.29) is 18.3 Å². The van der Waals surface area contributed by atoms with Crippen LogP contribution in [0.25, 0.3) is 0 Å². The summed E-state index contributed by atoms with van der Waals surface area (Å²) < 4.78 is 0. The van der Waals surface area contributed by atoms with Crippen molar-refractivity contribution in [3.63, 3.8) is 0 Å². The van der Waals surface area contributed by atoms with Gasteiger partial charge in [0.15, 0.2) is 0 Å². The molecule has 3 nitrogen and oxygen atoms in total. The van der Waals surface area contributed by atoms with E-state index in [0.29, 0.717) is 18.8 Å². The number of nitrogens with one attached hydrogen (secondary N) is 1. The summed E-state index contributed by atoms with van der Waals surface area (Å²) in [5.41, 5.74) is 6.44. The molecule has 0 saturated heterocycles. The van der Waals surface area contributed by atoms with Gasteiger partial charge in [-0.1, -0.05) is 23.7 Å². The molecule has 0 radical (unpaired) electrons. The standard InChI is InChI=1S/C11H15ClN2OS.ClH/c12-10-3-1-9(2-4-10)7-16-8-11(15)14-6-5-13;/h1-4H,5-8,13H2,(H,14,15);1H. The van der Waals surface area contributed by atoms with Gasteiger partial charge in [-0.3, -0.25) is 4.79 Å². The average Bonchev–Trinajstić information content (AvgIpc) is 2.29. The molecule has 0 heterocycles. The largest absolute Gasteiger partial charge is 0.354 e. The normalized spacial score (nSPS) is 9.53. The van der Waals surface area contributed by atoms with Gasteiger partial charge in [-0.15, -0.1) is 24.2 Å². The first-order valence-corrected chi connectivity index (χ1v) is 6.54. The minimum atomic E-state index is 0. The fourth-order valence-electron chi connectivity index (χ4n) is 1.10. The van der Waals surface area contributed by atoms with Gasteiger partial charge in [0.1, 0.15) is 0 Å². The van der Waals surface area contributed by atoms with Gasteiger partial charge in [0.2, 0.25) is 5.91 Å². The zero-order valence-corrected chi connectivity index (χ0v) is 11.7. The highest BCUT2D eigenvalue weighted by Gasteiger charge is 2.00. The van der Waals surface area contributed by atoms with Gasteiger partial charge in [0, 0.05) is 23.9 Å². The second-order valence-corrected chi connectivity index (χ2v) is 4.68. The minimum Gasteiger partial charge on any atom is -0.354 e. The van der Waals surface area contributed by atoms with Crippen molar-refractivity contribution < 1.29 is 4.79 Å². The molecule has 17 heavy (non-hydrogen) atoms. The van der Waals surface area contributed by atoms with Crippen LogP contribution in [-0.4, -0.2) is 24.7 Å². The summed E-state index contributed by atoms with van der Waals surface area (Å²) in [5, 5.41) is 3.45.